The zero-order chi connectivity index (χ0) is 16.0. The van der Waals surface area contributed by atoms with Gasteiger partial charge in [-0.2, -0.15) is 13.2 Å². The molecular formula is C10H9F3N4O4. The molecule has 0 aromatic carbocycles. The molecule has 0 saturated carbocycles. The first-order valence-corrected chi connectivity index (χ1v) is 5.36. The minimum Gasteiger partial charge on any atom is -0.476 e. The molecule has 0 unspecified atom stereocenters. The quantitative estimate of drug-likeness (QED) is 0.679. The van der Waals surface area contributed by atoms with Crippen molar-refractivity contribution in [3.63, 3.8) is 0 Å². The fourth-order valence-electron chi connectivity index (χ4n) is 1.07. The highest BCUT2D eigenvalue weighted by Crippen LogP contribution is 2.11. The first-order chi connectivity index (χ1) is 9.69. The molecule has 0 atom stereocenters. The Balaban J connectivity index is 2.46. The van der Waals surface area contributed by atoms with Crippen molar-refractivity contribution in [1.29, 1.82) is 0 Å². The molecule has 8 nitrogen and oxygen atoms in total. The van der Waals surface area contributed by atoms with Crippen LogP contribution in [0, 0.1) is 0 Å². The highest BCUT2D eigenvalue weighted by Gasteiger charge is 2.27. The second-order valence-electron chi connectivity index (χ2n) is 3.67. The summed E-state index contributed by atoms with van der Waals surface area (Å²) < 4.78 is 35.4. The third-order valence-corrected chi connectivity index (χ3v) is 2.00. The van der Waals surface area contributed by atoms with Gasteiger partial charge < -0.3 is 15.7 Å². The molecular weight excluding hydrogens is 297 g/mol. The molecule has 1 aromatic rings. The monoisotopic (exact) mass is 306 g/mol. The van der Waals surface area contributed by atoms with Gasteiger partial charge in [0.25, 0.3) is 5.91 Å². The van der Waals surface area contributed by atoms with Crippen molar-refractivity contribution in [2.24, 2.45) is 0 Å². The molecule has 0 aliphatic heterocycles. The molecule has 2 amide bonds. The maximum absolute atomic E-state index is 11.8. The fraction of sp³-hybridized carbons (Fsp3) is 0.300. The highest BCUT2D eigenvalue weighted by atomic mass is 19.4. The maximum Gasteiger partial charge on any atom is 0.405 e. The van der Waals surface area contributed by atoms with Crippen LogP contribution in [0.5, 0.6) is 0 Å². The number of halogens is 3. The van der Waals surface area contributed by atoms with Crippen LogP contribution in [0.25, 0.3) is 0 Å². The zero-order valence-corrected chi connectivity index (χ0v) is 10.3. The summed E-state index contributed by atoms with van der Waals surface area (Å²) in [6.45, 7) is -2.19. The standard InChI is InChI=1S/C10H9F3N4O4/c11-10(12,13)4-17-7(18)3-16-8(19)5-1-15-6(2-14-5)9(20)21/h1-2H,3-4H2,(H,16,19)(H,17,18)(H,20,21). The van der Waals surface area contributed by atoms with E-state index in [4.69, 9.17) is 5.11 Å². The van der Waals surface area contributed by atoms with Crippen LogP contribution >= 0.6 is 0 Å². The number of nitrogens with one attached hydrogen (secondary N) is 2. The number of carboxylic acids is 1. The van der Waals surface area contributed by atoms with Crippen LogP contribution in [0.15, 0.2) is 12.4 Å². The number of rotatable bonds is 5. The van der Waals surface area contributed by atoms with Crippen LogP contribution in [0.1, 0.15) is 21.0 Å². The van der Waals surface area contributed by atoms with Crippen molar-refractivity contribution in [2.45, 2.75) is 6.18 Å². The maximum atomic E-state index is 11.8. The number of carbonyl (C=O) groups is 3. The molecule has 0 fully saturated rings. The molecule has 1 heterocycles. The van der Waals surface area contributed by atoms with Gasteiger partial charge in [0.2, 0.25) is 5.91 Å². The third kappa shape index (κ3) is 5.84. The molecule has 1 aromatic heterocycles. The second kappa shape index (κ2) is 6.63. The lowest BCUT2D eigenvalue weighted by Gasteiger charge is -2.08. The van der Waals surface area contributed by atoms with Crippen LogP contribution in [-0.4, -0.2) is 52.1 Å². The van der Waals surface area contributed by atoms with E-state index < -0.39 is 37.0 Å². The van der Waals surface area contributed by atoms with Gasteiger partial charge in [-0.1, -0.05) is 0 Å². The van der Waals surface area contributed by atoms with Crippen LogP contribution in [-0.2, 0) is 4.79 Å². The fourth-order valence-corrected chi connectivity index (χ4v) is 1.07. The Morgan fingerprint density at radius 2 is 1.67 bits per heavy atom. The Labute approximate surface area is 115 Å². The van der Waals surface area contributed by atoms with Gasteiger partial charge in [0, 0.05) is 0 Å². The number of hydrogen-bond acceptors (Lipinski definition) is 5. The van der Waals surface area contributed by atoms with Gasteiger partial charge in [0.15, 0.2) is 5.69 Å². The van der Waals surface area contributed by atoms with E-state index >= 15 is 0 Å². The van der Waals surface area contributed by atoms with Gasteiger partial charge in [-0.3, -0.25) is 9.59 Å². The third-order valence-electron chi connectivity index (χ3n) is 2.00. The van der Waals surface area contributed by atoms with Crippen molar-refractivity contribution < 1.29 is 32.7 Å². The van der Waals surface area contributed by atoms with Gasteiger partial charge in [0.1, 0.15) is 12.2 Å². The highest BCUT2D eigenvalue weighted by molar-refractivity contribution is 5.95. The van der Waals surface area contributed by atoms with Gasteiger partial charge in [-0.15, -0.1) is 0 Å². The molecule has 21 heavy (non-hydrogen) atoms. The molecule has 0 bridgehead atoms. The van der Waals surface area contributed by atoms with Crippen molar-refractivity contribution in [2.75, 3.05) is 13.1 Å². The lowest BCUT2D eigenvalue weighted by Crippen LogP contribution is -2.41. The lowest BCUT2D eigenvalue weighted by atomic mass is 10.4. The Bertz CT molecular complexity index is 544. The largest absolute Gasteiger partial charge is 0.476 e. The summed E-state index contributed by atoms with van der Waals surface area (Å²) in [6.07, 6.45) is -2.84. The van der Waals surface area contributed by atoms with E-state index in [2.05, 4.69) is 9.97 Å². The normalized spacial score (nSPS) is 10.8. The number of aromatic nitrogens is 2. The molecule has 0 aliphatic rings. The van der Waals surface area contributed by atoms with E-state index in [1.54, 1.807) is 5.32 Å². The molecule has 0 spiro atoms. The Hall–Kier alpha value is -2.72. The molecule has 0 saturated heterocycles. The van der Waals surface area contributed by atoms with Crippen molar-refractivity contribution in [3.8, 4) is 0 Å². The van der Waals surface area contributed by atoms with Crippen LogP contribution in [0.2, 0.25) is 0 Å². The molecule has 1 rings (SSSR count). The van der Waals surface area contributed by atoms with E-state index in [1.165, 1.54) is 0 Å². The topological polar surface area (TPSA) is 121 Å². The lowest BCUT2D eigenvalue weighted by molar-refractivity contribution is -0.137. The van der Waals surface area contributed by atoms with E-state index in [9.17, 15) is 27.6 Å². The number of carboxylic acid groups (broad SMARTS) is 1. The predicted octanol–water partition coefficient (Wildman–Crippen LogP) is -0.417. The molecule has 3 N–H and O–H groups in total. The van der Waals surface area contributed by atoms with Crippen LogP contribution in [0.3, 0.4) is 0 Å². The van der Waals surface area contributed by atoms with E-state index in [-0.39, 0.29) is 11.4 Å². The van der Waals surface area contributed by atoms with E-state index in [1.807, 2.05) is 5.32 Å². The average Bonchev–Trinajstić information content (AvgIpc) is 2.41. The van der Waals surface area contributed by atoms with Gasteiger partial charge in [-0.25, -0.2) is 14.8 Å². The number of alkyl halides is 3. The van der Waals surface area contributed by atoms with Gasteiger partial charge in [-0.05, 0) is 0 Å². The van der Waals surface area contributed by atoms with Gasteiger partial charge in [0.05, 0.1) is 18.9 Å². The molecule has 11 heteroatoms. The van der Waals surface area contributed by atoms with Crippen molar-refractivity contribution >= 4 is 17.8 Å². The Morgan fingerprint density at radius 3 is 2.14 bits per heavy atom. The minimum absolute atomic E-state index is 0.274. The first kappa shape index (κ1) is 16.3. The second-order valence-corrected chi connectivity index (χ2v) is 3.67. The van der Waals surface area contributed by atoms with Gasteiger partial charge >= 0.3 is 12.1 Å². The van der Waals surface area contributed by atoms with E-state index in [0.717, 1.165) is 12.4 Å². The molecule has 0 aliphatic carbocycles. The summed E-state index contributed by atoms with van der Waals surface area (Å²) in [6, 6.07) is 0. The SMILES string of the molecule is O=C(CNC(=O)c1cnc(C(=O)O)cn1)NCC(F)(F)F. The smallest absolute Gasteiger partial charge is 0.405 e. The van der Waals surface area contributed by atoms with Crippen molar-refractivity contribution in [1.82, 2.24) is 20.6 Å². The summed E-state index contributed by atoms with van der Waals surface area (Å²) in [5.41, 5.74) is -0.655. The van der Waals surface area contributed by atoms with Crippen LogP contribution in [0.4, 0.5) is 13.2 Å². The number of carbonyl (C=O) groups excluding carboxylic acids is 2. The number of aromatic carboxylic acids is 1. The predicted molar refractivity (Wildman–Crippen MR) is 60.4 cm³/mol. The van der Waals surface area contributed by atoms with E-state index in [0.29, 0.717) is 0 Å². The molecule has 0 radical (unpaired) electrons. The van der Waals surface area contributed by atoms with Crippen LogP contribution < -0.4 is 10.6 Å². The average molecular weight is 306 g/mol. The van der Waals surface area contributed by atoms with Crippen molar-refractivity contribution in [3.05, 3.63) is 23.8 Å². The Morgan fingerprint density at radius 1 is 1.10 bits per heavy atom. The number of amides is 2. The minimum atomic E-state index is -4.54. The molecule has 114 valence electrons. The summed E-state index contributed by atoms with van der Waals surface area (Å²) in [5, 5.41) is 12.1. The first-order valence-electron chi connectivity index (χ1n) is 5.36. The summed E-state index contributed by atoms with van der Waals surface area (Å²) in [4.78, 5) is 39.9. The number of nitrogens with zero attached hydrogens (tertiary/aromatic N) is 2. The summed E-state index contributed by atoms with van der Waals surface area (Å²) >= 11 is 0. The summed E-state index contributed by atoms with van der Waals surface area (Å²) in [5.74, 6) is -3.24. The summed E-state index contributed by atoms with van der Waals surface area (Å²) in [7, 11) is 0. The zero-order valence-electron chi connectivity index (χ0n) is 10.3. The Kier molecular flexibility index (Phi) is 5.16. The number of hydrogen-bond donors (Lipinski definition) is 3.